The van der Waals surface area contributed by atoms with Crippen LogP contribution in [0, 0.1) is 0 Å². The normalized spacial score (nSPS) is 11.4. The second kappa shape index (κ2) is 11.6. The van der Waals surface area contributed by atoms with Gasteiger partial charge >= 0.3 is 6.18 Å². The van der Waals surface area contributed by atoms with E-state index in [2.05, 4.69) is 16.9 Å². The van der Waals surface area contributed by atoms with Gasteiger partial charge in [0.25, 0.3) is 0 Å². The monoisotopic (exact) mass is 425 g/mol. The lowest BCUT2D eigenvalue weighted by molar-refractivity contribution is -0.139. The van der Waals surface area contributed by atoms with Gasteiger partial charge in [-0.1, -0.05) is 39.2 Å². The lowest BCUT2D eigenvalue weighted by Crippen LogP contribution is -2.21. The second-order valence-corrected chi connectivity index (χ2v) is 6.89. The standard InChI is InChI=1S/C22H30F3N3O2/c1-4-7-8-9-14-30-20-19(22(23,24)25)16-26-21(27-20)28(6-3)17-11-10-12-18(15-17)29-13-5-2/h10-12,15-16H,4-9,13-14H2,1-3H3. The van der Waals surface area contributed by atoms with Crippen molar-refractivity contribution in [3.63, 3.8) is 0 Å². The average molecular weight is 425 g/mol. The van der Waals surface area contributed by atoms with Crippen molar-refractivity contribution in [2.24, 2.45) is 0 Å². The summed E-state index contributed by atoms with van der Waals surface area (Å²) in [5.74, 6) is 0.412. The summed E-state index contributed by atoms with van der Waals surface area (Å²) in [5, 5.41) is 0. The molecule has 0 amide bonds. The Bertz CT molecular complexity index is 784. The first-order chi connectivity index (χ1) is 14.4. The molecule has 2 aromatic rings. The minimum atomic E-state index is -4.58. The smallest absolute Gasteiger partial charge is 0.423 e. The van der Waals surface area contributed by atoms with E-state index in [1.807, 2.05) is 38.1 Å². The quantitative estimate of drug-likeness (QED) is 0.368. The van der Waals surface area contributed by atoms with Crippen molar-refractivity contribution in [1.29, 1.82) is 0 Å². The van der Waals surface area contributed by atoms with Crippen LogP contribution in [0.25, 0.3) is 0 Å². The largest absolute Gasteiger partial charge is 0.494 e. The van der Waals surface area contributed by atoms with Crippen LogP contribution in [0.3, 0.4) is 0 Å². The van der Waals surface area contributed by atoms with Crippen LogP contribution in [-0.4, -0.2) is 29.7 Å². The number of rotatable bonds is 12. The number of unbranched alkanes of at least 4 members (excludes halogenated alkanes) is 3. The van der Waals surface area contributed by atoms with E-state index in [-0.39, 0.29) is 12.6 Å². The summed E-state index contributed by atoms with van der Waals surface area (Å²) < 4.78 is 51.3. The molecule has 0 spiro atoms. The summed E-state index contributed by atoms with van der Waals surface area (Å²) in [6.07, 6.45) is 0.734. The molecular weight excluding hydrogens is 395 g/mol. The molecule has 0 bridgehead atoms. The highest BCUT2D eigenvalue weighted by Gasteiger charge is 2.36. The maximum atomic E-state index is 13.4. The molecule has 0 fully saturated rings. The SMILES string of the molecule is CCCCCCOc1nc(N(CC)c2cccc(OCCC)c2)ncc1C(F)(F)F. The molecule has 1 aromatic carbocycles. The number of benzene rings is 1. The molecule has 0 unspecified atom stereocenters. The number of hydrogen-bond acceptors (Lipinski definition) is 5. The first-order valence-corrected chi connectivity index (χ1v) is 10.5. The maximum Gasteiger partial charge on any atom is 0.423 e. The first-order valence-electron chi connectivity index (χ1n) is 10.5. The summed E-state index contributed by atoms with van der Waals surface area (Å²) in [6, 6.07) is 7.34. The fraction of sp³-hybridized carbons (Fsp3) is 0.545. The van der Waals surface area contributed by atoms with E-state index >= 15 is 0 Å². The number of ether oxygens (including phenoxy) is 2. The highest BCUT2D eigenvalue weighted by molar-refractivity contribution is 5.59. The van der Waals surface area contributed by atoms with Crippen LogP contribution in [0.1, 0.15) is 58.4 Å². The number of alkyl halides is 3. The zero-order valence-electron chi connectivity index (χ0n) is 17.8. The molecule has 0 aliphatic rings. The minimum absolute atomic E-state index is 0.154. The van der Waals surface area contributed by atoms with Gasteiger partial charge in [0.2, 0.25) is 11.8 Å². The molecule has 166 valence electrons. The van der Waals surface area contributed by atoms with Crippen LogP contribution in [0.5, 0.6) is 11.6 Å². The van der Waals surface area contributed by atoms with Gasteiger partial charge in [0.1, 0.15) is 11.3 Å². The van der Waals surface area contributed by atoms with Gasteiger partial charge in [-0.3, -0.25) is 0 Å². The molecule has 5 nitrogen and oxygen atoms in total. The molecule has 0 saturated heterocycles. The Kier molecular flexibility index (Phi) is 9.20. The summed E-state index contributed by atoms with van der Waals surface area (Å²) in [5.41, 5.74) is -0.224. The third kappa shape index (κ3) is 6.78. The van der Waals surface area contributed by atoms with Gasteiger partial charge in [0, 0.05) is 24.5 Å². The van der Waals surface area contributed by atoms with Crippen molar-refractivity contribution in [3.05, 3.63) is 36.0 Å². The van der Waals surface area contributed by atoms with Gasteiger partial charge in [0.05, 0.1) is 13.2 Å². The van der Waals surface area contributed by atoms with E-state index in [0.29, 0.717) is 25.3 Å². The molecule has 0 saturated carbocycles. The number of hydrogen-bond donors (Lipinski definition) is 0. The van der Waals surface area contributed by atoms with E-state index in [1.165, 1.54) is 0 Å². The van der Waals surface area contributed by atoms with Gasteiger partial charge in [-0.25, -0.2) is 4.98 Å². The topological polar surface area (TPSA) is 47.5 Å². The van der Waals surface area contributed by atoms with Crippen LogP contribution >= 0.6 is 0 Å². The molecule has 30 heavy (non-hydrogen) atoms. The van der Waals surface area contributed by atoms with E-state index in [9.17, 15) is 13.2 Å². The fourth-order valence-corrected chi connectivity index (χ4v) is 2.89. The van der Waals surface area contributed by atoms with Gasteiger partial charge in [0.15, 0.2) is 0 Å². The zero-order valence-corrected chi connectivity index (χ0v) is 17.8. The predicted molar refractivity (Wildman–Crippen MR) is 112 cm³/mol. The lowest BCUT2D eigenvalue weighted by atomic mass is 10.2. The van der Waals surface area contributed by atoms with Gasteiger partial charge in [-0.2, -0.15) is 18.2 Å². The number of halogens is 3. The molecule has 0 N–H and O–H groups in total. The van der Waals surface area contributed by atoms with Crippen molar-refractivity contribution in [2.45, 2.75) is 59.1 Å². The number of nitrogens with zero attached hydrogens (tertiary/aromatic N) is 3. The molecule has 2 rings (SSSR count). The average Bonchev–Trinajstić information content (AvgIpc) is 2.72. The van der Waals surface area contributed by atoms with Gasteiger partial charge in [-0.05, 0) is 31.9 Å². The molecule has 0 radical (unpaired) electrons. The summed E-state index contributed by atoms with van der Waals surface area (Å²) >= 11 is 0. The Morgan fingerprint density at radius 1 is 0.967 bits per heavy atom. The van der Waals surface area contributed by atoms with Crippen molar-refractivity contribution in [1.82, 2.24) is 9.97 Å². The number of anilines is 2. The van der Waals surface area contributed by atoms with Crippen molar-refractivity contribution in [2.75, 3.05) is 24.7 Å². The van der Waals surface area contributed by atoms with Crippen LogP contribution in [0.4, 0.5) is 24.8 Å². The molecule has 8 heteroatoms. The second-order valence-electron chi connectivity index (χ2n) is 6.89. The predicted octanol–water partition coefficient (Wildman–Crippen LogP) is 6.40. The summed E-state index contributed by atoms with van der Waals surface area (Å²) in [6.45, 7) is 7.21. The Hall–Kier alpha value is -2.51. The molecule has 0 aliphatic carbocycles. The van der Waals surface area contributed by atoms with Crippen LogP contribution in [0.2, 0.25) is 0 Å². The molecular formula is C22H30F3N3O2. The maximum absolute atomic E-state index is 13.4. The highest BCUT2D eigenvalue weighted by atomic mass is 19.4. The third-order valence-corrected chi connectivity index (χ3v) is 4.44. The Morgan fingerprint density at radius 2 is 1.77 bits per heavy atom. The van der Waals surface area contributed by atoms with Gasteiger partial charge in [-0.15, -0.1) is 0 Å². The Balaban J connectivity index is 2.29. The van der Waals surface area contributed by atoms with Gasteiger partial charge < -0.3 is 14.4 Å². The van der Waals surface area contributed by atoms with Crippen molar-refractivity contribution in [3.8, 4) is 11.6 Å². The lowest BCUT2D eigenvalue weighted by Gasteiger charge is -2.23. The van der Waals surface area contributed by atoms with Crippen LogP contribution in [-0.2, 0) is 6.18 Å². The fourth-order valence-electron chi connectivity index (χ4n) is 2.89. The summed E-state index contributed by atoms with van der Waals surface area (Å²) in [7, 11) is 0. The summed E-state index contributed by atoms with van der Waals surface area (Å²) in [4.78, 5) is 9.83. The van der Waals surface area contributed by atoms with Crippen LogP contribution < -0.4 is 14.4 Å². The first kappa shape index (κ1) is 23.8. The molecule has 1 heterocycles. The zero-order chi connectivity index (χ0) is 22.0. The van der Waals surface area contributed by atoms with Crippen LogP contribution in [0.15, 0.2) is 30.5 Å². The Morgan fingerprint density at radius 3 is 2.43 bits per heavy atom. The molecule has 1 aromatic heterocycles. The minimum Gasteiger partial charge on any atom is -0.494 e. The number of aromatic nitrogens is 2. The van der Waals surface area contributed by atoms with E-state index < -0.39 is 17.6 Å². The third-order valence-electron chi connectivity index (χ3n) is 4.44. The molecule has 0 atom stereocenters. The van der Waals surface area contributed by atoms with Crippen molar-refractivity contribution >= 4 is 11.6 Å². The van der Waals surface area contributed by atoms with Crippen molar-refractivity contribution < 1.29 is 22.6 Å². The highest BCUT2D eigenvalue weighted by Crippen LogP contribution is 2.36. The molecule has 0 aliphatic heterocycles. The van der Waals surface area contributed by atoms with E-state index in [4.69, 9.17) is 9.47 Å². The van der Waals surface area contributed by atoms with E-state index in [1.54, 1.807) is 4.90 Å². The Labute approximate surface area is 176 Å². The van der Waals surface area contributed by atoms with E-state index in [0.717, 1.165) is 37.6 Å².